The second kappa shape index (κ2) is 6.79. The number of aromatic amines is 1. The van der Waals surface area contributed by atoms with Gasteiger partial charge in [0.2, 0.25) is 0 Å². The maximum Gasteiger partial charge on any atom is 0.0867 e. The number of fused-ring (bicyclic) bond motifs is 3. The molecule has 4 heteroatoms. The van der Waals surface area contributed by atoms with Gasteiger partial charge < -0.3 is 9.88 Å². The van der Waals surface area contributed by atoms with Gasteiger partial charge in [-0.2, -0.15) is 10.2 Å². The highest BCUT2D eigenvalue weighted by Crippen LogP contribution is 2.30. The summed E-state index contributed by atoms with van der Waals surface area (Å²) in [6.07, 6.45) is 5.02. The third-order valence-corrected chi connectivity index (χ3v) is 4.99. The molecule has 0 spiro atoms. The van der Waals surface area contributed by atoms with Gasteiger partial charge in [-0.25, -0.2) is 0 Å². The number of rotatable bonds is 3. The zero-order valence-corrected chi connectivity index (χ0v) is 15.6. The molecule has 0 amide bonds. The van der Waals surface area contributed by atoms with Crippen molar-refractivity contribution >= 4 is 28.5 Å². The second-order valence-electron chi connectivity index (χ2n) is 7.16. The van der Waals surface area contributed by atoms with Crippen LogP contribution in [0.25, 0.3) is 10.9 Å². The minimum absolute atomic E-state index is 0.968. The summed E-state index contributed by atoms with van der Waals surface area (Å²) in [5.41, 5.74) is 8.33. The molecule has 2 aromatic carbocycles. The van der Waals surface area contributed by atoms with Crippen molar-refractivity contribution in [2.24, 2.45) is 10.2 Å². The molecule has 0 saturated heterocycles. The Bertz CT molecular complexity index is 991. The molecular weight excluding hydrogens is 320 g/mol. The Morgan fingerprint density at radius 2 is 1.85 bits per heavy atom. The van der Waals surface area contributed by atoms with Gasteiger partial charge in [0.1, 0.15) is 0 Å². The van der Waals surface area contributed by atoms with Crippen LogP contribution in [0.15, 0.2) is 52.7 Å². The van der Waals surface area contributed by atoms with E-state index in [4.69, 9.17) is 0 Å². The number of hydrogen-bond acceptors (Lipinski definition) is 3. The van der Waals surface area contributed by atoms with Crippen LogP contribution in [0.2, 0.25) is 0 Å². The summed E-state index contributed by atoms with van der Waals surface area (Å²) < 4.78 is 0. The van der Waals surface area contributed by atoms with Crippen molar-refractivity contribution in [1.29, 1.82) is 0 Å². The number of aryl methyl sites for hydroxylation is 2. The Labute approximate surface area is 154 Å². The van der Waals surface area contributed by atoms with E-state index in [-0.39, 0.29) is 0 Å². The number of nitrogens with zero attached hydrogens (tertiary/aromatic N) is 3. The van der Waals surface area contributed by atoms with Gasteiger partial charge in [-0.15, -0.1) is 0 Å². The Kier molecular flexibility index (Phi) is 4.33. The maximum atomic E-state index is 4.54. The molecule has 0 unspecified atom stereocenters. The summed E-state index contributed by atoms with van der Waals surface area (Å²) in [5.74, 6) is 0. The molecule has 1 N–H and O–H groups in total. The van der Waals surface area contributed by atoms with Crippen LogP contribution in [0.3, 0.4) is 0 Å². The number of nitrogens with one attached hydrogen (secondary N) is 1. The van der Waals surface area contributed by atoms with Crippen molar-refractivity contribution in [2.75, 3.05) is 19.0 Å². The van der Waals surface area contributed by atoms with Crippen molar-refractivity contribution in [3.8, 4) is 0 Å². The summed E-state index contributed by atoms with van der Waals surface area (Å²) in [7, 11) is 4.08. The zero-order valence-electron chi connectivity index (χ0n) is 15.6. The second-order valence-corrected chi connectivity index (χ2v) is 7.16. The summed E-state index contributed by atoms with van der Waals surface area (Å²) in [5, 5.41) is 10.2. The monoisotopic (exact) mass is 344 g/mol. The van der Waals surface area contributed by atoms with Crippen molar-refractivity contribution in [3.05, 3.63) is 64.8 Å². The molecule has 0 fully saturated rings. The van der Waals surface area contributed by atoms with Gasteiger partial charge >= 0.3 is 0 Å². The number of benzene rings is 2. The lowest BCUT2D eigenvalue weighted by molar-refractivity contribution is 0.837. The molecule has 0 aliphatic heterocycles. The van der Waals surface area contributed by atoms with E-state index < -0.39 is 0 Å². The smallest absolute Gasteiger partial charge is 0.0867 e. The zero-order chi connectivity index (χ0) is 18.1. The van der Waals surface area contributed by atoms with E-state index in [2.05, 4.69) is 69.5 Å². The minimum atomic E-state index is 0.968. The van der Waals surface area contributed by atoms with Crippen molar-refractivity contribution in [2.45, 2.75) is 26.2 Å². The van der Waals surface area contributed by atoms with Gasteiger partial charge in [-0.3, -0.25) is 0 Å². The third kappa shape index (κ3) is 3.15. The summed E-state index contributed by atoms with van der Waals surface area (Å²) in [6.45, 7) is 2.14. The molecule has 0 bridgehead atoms. The fourth-order valence-corrected chi connectivity index (χ4v) is 3.55. The van der Waals surface area contributed by atoms with Crippen LogP contribution in [0.4, 0.5) is 5.69 Å². The standard InChI is InChI=1S/C22H24N4/c1-15-7-12-20-19(13-15)18-5-4-6-21(22(18)24-20)25-23-14-16-8-10-17(11-9-16)26(2)3/h7-14,24H,4-6H2,1-3H3/b23-14?,25-21+. The molecule has 132 valence electrons. The van der Waals surface area contributed by atoms with Gasteiger partial charge in [0.15, 0.2) is 0 Å². The van der Waals surface area contributed by atoms with E-state index in [1.807, 2.05) is 20.3 Å². The van der Waals surface area contributed by atoms with E-state index in [1.165, 1.54) is 27.7 Å². The summed E-state index contributed by atoms with van der Waals surface area (Å²) in [6, 6.07) is 14.9. The number of anilines is 1. The van der Waals surface area contributed by atoms with Gasteiger partial charge in [0.25, 0.3) is 0 Å². The number of hydrogen-bond donors (Lipinski definition) is 1. The molecule has 3 aromatic rings. The van der Waals surface area contributed by atoms with E-state index >= 15 is 0 Å². The van der Waals surface area contributed by atoms with E-state index in [1.54, 1.807) is 0 Å². The van der Waals surface area contributed by atoms with E-state index in [0.29, 0.717) is 0 Å². The Balaban J connectivity index is 1.62. The molecule has 4 nitrogen and oxygen atoms in total. The lowest BCUT2D eigenvalue weighted by Gasteiger charge is -2.13. The van der Waals surface area contributed by atoms with Crippen LogP contribution in [0.1, 0.15) is 35.2 Å². The minimum Gasteiger partial charge on any atom is -0.378 e. The topological polar surface area (TPSA) is 43.8 Å². The van der Waals surface area contributed by atoms with Gasteiger partial charge in [-0.05, 0) is 61.6 Å². The Hall–Kier alpha value is -2.88. The molecule has 4 rings (SSSR count). The van der Waals surface area contributed by atoms with Gasteiger partial charge in [0, 0.05) is 30.7 Å². The predicted molar refractivity (Wildman–Crippen MR) is 111 cm³/mol. The normalized spacial score (nSPS) is 15.7. The highest BCUT2D eigenvalue weighted by atomic mass is 15.2. The van der Waals surface area contributed by atoms with Crippen LogP contribution in [-0.2, 0) is 6.42 Å². The molecule has 1 aliphatic rings. The van der Waals surface area contributed by atoms with E-state index in [9.17, 15) is 0 Å². The predicted octanol–water partition coefficient (Wildman–Crippen LogP) is 4.70. The van der Waals surface area contributed by atoms with Gasteiger partial charge in [-0.1, -0.05) is 23.8 Å². The molecular formula is C22H24N4. The fraction of sp³-hybridized carbons (Fsp3) is 0.273. The molecule has 26 heavy (non-hydrogen) atoms. The first-order chi connectivity index (χ1) is 12.6. The summed E-state index contributed by atoms with van der Waals surface area (Å²) in [4.78, 5) is 5.64. The highest BCUT2D eigenvalue weighted by molar-refractivity contribution is 6.06. The molecule has 1 heterocycles. The van der Waals surface area contributed by atoms with Crippen molar-refractivity contribution in [3.63, 3.8) is 0 Å². The quantitative estimate of drug-likeness (QED) is 0.543. The van der Waals surface area contributed by atoms with E-state index in [0.717, 1.165) is 36.2 Å². The van der Waals surface area contributed by atoms with Gasteiger partial charge in [0.05, 0.1) is 17.6 Å². The van der Waals surface area contributed by atoms with Crippen LogP contribution in [-0.4, -0.2) is 31.0 Å². The molecule has 1 aliphatic carbocycles. The summed E-state index contributed by atoms with van der Waals surface area (Å²) >= 11 is 0. The number of aromatic nitrogens is 1. The molecule has 0 atom stereocenters. The lowest BCUT2D eigenvalue weighted by Crippen LogP contribution is -2.10. The lowest BCUT2D eigenvalue weighted by atomic mass is 9.94. The van der Waals surface area contributed by atoms with Crippen LogP contribution < -0.4 is 4.90 Å². The molecule has 1 aromatic heterocycles. The molecule has 0 saturated carbocycles. The Morgan fingerprint density at radius 1 is 1.04 bits per heavy atom. The first-order valence-electron chi connectivity index (χ1n) is 9.11. The largest absolute Gasteiger partial charge is 0.378 e. The molecule has 0 radical (unpaired) electrons. The van der Waals surface area contributed by atoms with Crippen LogP contribution in [0.5, 0.6) is 0 Å². The average Bonchev–Trinajstić information content (AvgIpc) is 3.01. The van der Waals surface area contributed by atoms with Crippen LogP contribution in [0, 0.1) is 6.92 Å². The average molecular weight is 344 g/mol. The van der Waals surface area contributed by atoms with Crippen LogP contribution >= 0.6 is 0 Å². The maximum absolute atomic E-state index is 4.54. The fourth-order valence-electron chi connectivity index (χ4n) is 3.55. The first-order valence-corrected chi connectivity index (χ1v) is 9.11. The highest BCUT2D eigenvalue weighted by Gasteiger charge is 2.20. The number of H-pyrrole nitrogens is 1. The van der Waals surface area contributed by atoms with Crippen molar-refractivity contribution in [1.82, 2.24) is 4.98 Å². The Morgan fingerprint density at radius 3 is 2.62 bits per heavy atom. The SMILES string of the molecule is Cc1ccc2[nH]c3c(c2c1)CCC/C3=N\N=Cc1ccc(N(C)C)cc1. The first kappa shape index (κ1) is 16.6. The third-order valence-electron chi connectivity index (χ3n) is 4.99. The van der Waals surface area contributed by atoms with Crippen molar-refractivity contribution < 1.29 is 0 Å².